The van der Waals surface area contributed by atoms with Crippen LogP contribution in [0.15, 0.2) is 52.9 Å². The molecule has 3 atom stereocenters. The van der Waals surface area contributed by atoms with E-state index >= 15 is 8.78 Å². The van der Waals surface area contributed by atoms with Gasteiger partial charge in [-0.05, 0) is 74.4 Å². The number of carbonyl (C=O) groups excluding carboxylic acids is 1. The number of aromatic amines is 1. The molecule has 2 aliphatic carbocycles. The van der Waals surface area contributed by atoms with Crippen molar-refractivity contribution in [3.8, 4) is 23.0 Å². The van der Waals surface area contributed by atoms with Gasteiger partial charge in [-0.2, -0.15) is 19.0 Å². The second-order valence-corrected chi connectivity index (χ2v) is 14.1. The summed E-state index contributed by atoms with van der Waals surface area (Å²) in [5.74, 6) is -2.62. The average Bonchev–Trinajstić information content (AvgIpc) is 3.35. The van der Waals surface area contributed by atoms with Crippen LogP contribution in [0.25, 0.3) is 33.2 Å². The fourth-order valence-electron chi connectivity index (χ4n) is 7.13. The second kappa shape index (κ2) is 12.4. The fraction of sp³-hybridized carbons (Fsp3) is 0.297. The lowest BCUT2D eigenvalue weighted by Crippen LogP contribution is -2.35. The second-order valence-electron chi connectivity index (χ2n) is 13.7. The molecule has 0 radical (unpaired) electrons. The van der Waals surface area contributed by atoms with Crippen molar-refractivity contribution in [2.24, 2.45) is 5.92 Å². The van der Waals surface area contributed by atoms with Crippen LogP contribution in [-0.4, -0.2) is 41.6 Å². The van der Waals surface area contributed by atoms with Gasteiger partial charge in [0.05, 0.1) is 11.7 Å². The van der Waals surface area contributed by atoms with Gasteiger partial charge in [0.1, 0.15) is 52.0 Å². The molecule has 9 nitrogen and oxygen atoms in total. The normalized spacial score (nSPS) is 17.9. The Morgan fingerprint density at radius 3 is 2.60 bits per heavy atom. The number of amides is 1. The van der Waals surface area contributed by atoms with E-state index in [0.717, 1.165) is 12.1 Å². The molecule has 1 unspecified atom stereocenters. The monoisotopic (exact) mass is 752 g/mol. The number of pyridine rings is 1. The fourth-order valence-corrected chi connectivity index (χ4v) is 7.31. The predicted octanol–water partition coefficient (Wildman–Crippen LogP) is 7.87. The number of rotatable bonds is 8. The van der Waals surface area contributed by atoms with E-state index in [0.29, 0.717) is 38.4 Å². The highest BCUT2D eigenvalue weighted by atomic mass is 35.5. The highest BCUT2D eigenvalue weighted by Crippen LogP contribution is 2.68. The Bertz CT molecular complexity index is 2510. The molecule has 53 heavy (non-hydrogen) atoms. The quantitative estimate of drug-likeness (QED) is 0.108. The van der Waals surface area contributed by atoms with Gasteiger partial charge in [-0.1, -0.05) is 29.7 Å². The van der Waals surface area contributed by atoms with Crippen molar-refractivity contribution in [3.05, 3.63) is 99.2 Å². The maximum atomic E-state index is 15.3. The number of alkyl halides is 4. The highest BCUT2D eigenvalue weighted by molar-refractivity contribution is 6.34. The number of H-pyrrole nitrogens is 1. The minimum absolute atomic E-state index is 0.0471. The molecule has 0 spiro atoms. The van der Waals surface area contributed by atoms with E-state index in [2.05, 4.69) is 32.5 Å². The number of fused-ring (bicyclic) bond motifs is 6. The molecule has 16 heteroatoms. The van der Waals surface area contributed by atoms with Gasteiger partial charge >= 0.3 is 0 Å². The molecule has 2 aromatic carbocycles. The molecule has 1 amide bonds. The lowest BCUT2D eigenvalue weighted by molar-refractivity contribution is -0.123. The smallest absolute Gasteiger partial charge is 0.293 e. The third kappa shape index (κ3) is 6.19. The van der Waals surface area contributed by atoms with Crippen LogP contribution in [0.4, 0.5) is 26.3 Å². The zero-order valence-electron chi connectivity index (χ0n) is 27.7. The number of hydrogen-bond acceptors (Lipinski definition) is 6. The third-order valence-electron chi connectivity index (χ3n) is 9.37. The number of aromatic nitrogens is 5. The molecule has 6 aromatic rings. The van der Waals surface area contributed by atoms with Crippen molar-refractivity contribution in [1.29, 1.82) is 0 Å². The van der Waals surface area contributed by atoms with E-state index < -0.39 is 71.3 Å². The molecule has 8 rings (SSSR count). The number of nitrogens with one attached hydrogen (secondary N) is 2. The Morgan fingerprint density at radius 1 is 1.13 bits per heavy atom. The number of para-hydroxylation sites is 1. The average molecular weight is 753 g/mol. The first-order chi connectivity index (χ1) is 25.1. The third-order valence-corrected chi connectivity index (χ3v) is 9.62. The summed E-state index contributed by atoms with van der Waals surface area (Å²) in [6, 6.07) is 9.97. The van der Waals surface area contributed by atoms with Crippen LogP contribution < -0.4 is 5.32 Å². The molecule has 0 saturated heterocycles. The first-order valence-electron chi connectivity index (χ1n) is 16.4. The Labute approximate surface area is 301 Å². The van der Waals surface area contributed by atoms with E-state index in [1.165, 1.54) is 13.8 Å². The molecule has 2 aliphatic rings. The SMILES string of the molecule is CC(C)(O)C#Cc1ccc(-c2cccc3c2oc2c(Cl)n[nH]c23)c([C@H](Cc2cc(F)cc(F)c2)NC(=O)Cn2nc(C(F)F)c3c2C(F)(F)C2C[C@H]32)n1. The van der Waals surface area contributed by atoms with Crippen molar-refractivity contribution >= 4 is 39.6 Å². The Morgan fingerprint density at radius 2 is 1.89 bits per heavy atom. The van der Waals surface area contributed by atoms with Gasteiger partial charge in [0.15, 0.2) is 10.7 Å². The van der Waals surface area contributed by atoms with Crippen LogP contribution in [0.5, 0.6) is 0 Å². The zero-order chi connectivity index (χ0) is 37.6. The summed E-state index contributed by atoms with van der Waals surface area (Å²) in [7, 11) is 0. The van der Waals surface area contributed by atoms with Gasteiger partial charge in [0, 0.05) is 34.1 Å². The standard InChI is InChI=1S/C37H27ClF6N6O3/c1-36(2,52)9-8-19-6-7-20(21-4-3-5-22-29-32(53-31(21)22)34(38)48-47-29)28(45-19)25(12-16-10-17(39)13-18(40)11-16)46-26(51)15-50-33-27(30(49-50)35(41)42)23-14-24(23)37(33,43)44/h3-7,10-11,13,23-25,35,52H,12,14-15H2,1-2H3,(H,46,51)(H,47,48)/t23-,24?,25-/m0/s1. The van der Waals surface area contributed by atoms with Gasteiger partial charge in [0.2, 0.25) is 5.91 Å². The van der Waals surface area contributed by atoms with Crippen LogP contribution in [0.1, 0.15) is 72.6 Å². The maximum absolute atomic E-state index is 15.3. The van der Waals surface area contributed by atoms with Crippen molar-refractivity contribution < 1.29 is 40.7 Å². The topological polar surface area (TPSA) is 122 Å². The van der Waals surface area contributed by atoms with Crippen LogP contribution in [0.2, 0.25) is 5.15 Å². The van der Waals surface area contributed by atoms with Gasteiger partial charge < -0.3 is 14.8 Å². The largest absolute Gasteiger partial charge is 0.450 e. The number of benzene rings is 2. The first kappa shape index (κ1) is 34.7. The summed E-state index contributed by atoms with van der Waals surface area (Å²) in [6.45, 7) is 2.07. The molecule has 4 aromatic heterocycles. The van der Waals surface area contributed by atoms with E-state index in [4.69, 9.17) is 21.0 Å². The number of halogens is 7. The lowest BCUT2D eigenvalue weighted by Gasteiger charge is -2.23. The van der Waals surface area contributed by atoms with E-state index in [1.807, 2.05) is 0 Å². The van der Waals surface area contributed by atoms with E-state index in [1.54, 1.807) is 30.3 Å². The maximum Gasteiger partial charge on any atom is 0.293 e. The van der Waals surface area contributed by atoms with Gasteiger partial charge in [-0.15, -0.1) is 0 Å². The van der Waals surface area contributed by atoms with E-state index in [9.17, 15) is 27.5 Å². The molecular weight excluding hydrogens is 726 g/mol. The number of nitrogens with zero attached hydrogens (tertiary/aromatic N) is 4. The summed E-state index contributed by atoms with van der Waals surface area (Å²) in [6.07, 6.45) is -3.36. The molecule has 3 N–H and O–H groups in total. The summed E-state index contributed by atoms with van der Waals surface area (Å²) in [5, 5.41) is 24.2. The summed E-state index contributed by atoms with van der Waals surface area (Å²) < 4.78 is 94.3. The van der Waals surface area contributed by atoms with Crippen LogP contribution in [-0.2, 0) is 23.7 Å². The van der Waals surface area contributed by atoms with Crippen molar-refractivity contribution in [3.63, 3.8) is 0 Å². The number of furan rings is 1. The van der Waals surface area contributed by atoms with Crippen molar-refractivity contribution in [1.82, 2.24) is 30.3 Å². The molecule has 1 fully saturated rings. The summed E-state index contributed by atoms with van der Waals surface area (Å²) in [4.78, 5) is 18.6. The lowest BCUT2D eigenvalue weighted by atomic mass is 9.94. The molecule has 272 valence electrons. The number of carbonyl (C=O) groups is 1. The minimum Gasteiger partial charge on any atom is -0.450 e. The first-order valence-corrected chi connectivity index (χ1v) is 16.8. The molecule has 0 aliphatic heterocycles. The summed E-state index contributed by atoms with van der Waals surface area (Å²) in [5.41, 5.74) is -0.804. The highest BCUT2D eigenvalue weighted by Gasteiger charge is 2.67. The van der Waals surface area contributed by atoms with Crippen molar-refractivity contribution in [2.45, 2.75) is 63.1 Å². The Hall–Kier alpha value is -5.33. The molecule has 0 bridgehead atoms. The van der Waals surface area contributed by atoms with Crippen LogP contribution in [0, 0.1) is 29.4 Å². The number of hydrogen-bond donors (Lipinski definition) is 3. The molecule has 4 heterocycles. The van der Waals surface area contributed by atoms with Gasteiger partial charge in [-0.3, -0.25) is 14.6 Å². The van der Waals surface area contributed by atoms with E-state index in [-0.39, 0.29) is 46.1 Å². The van der Waals surface area contributed by atoms with Crippen molar-refractivity contribution in [2.75, 3.05) is 0 Å². The summed E-state index contributed by atoms with van der Waals surface area (Å²) >= 11 is 6.25. The molecule has 1 saturated carbocycles. The Balaban J connectivity index is 1.26. The van der Waals surface area contributed by atoms with Gasteiger partial charge in [0.25, 0.3) is 12.3 Å². The number of aliphatic hydroxyl groups is 1. The zero-order valence-corrected chi connectivity index (χ0v) is 28.5. The minimum atomic E-state index is -3.47. The Kier molecular flexibility index (Phi) is 8.12. The predicted molar refractivity (Wildman–Crippen MR) is 180 cm³/mol. The molecular formula is C37H27ClF6N6O3. The van der Waals surface area contributed by atoms with Crippen LogP contribution in [0.3, 0.4) is 0 Å². The van der Waals surface area contributed by atoms with Gasteiger partial charge in [-0.25, -0.2) is 22.5 Å². The van der Waals surface area contributed by atoms with Crippen LogP contribution >= 0.6 is 11.6 Å².